The maximum absolute atomic E-state index is 2.54. The molecule has 2 nitrogen and oxygen atoms in total. The van der Waals surface area contributed by atoms with E-state index in [0.717, 1.165) is 25.9 Å². The molecule has 6 aromatic rings. The molecule has 0 spiro atoms. The van der Waals surface area contributed by atoms with Crippen LogP contribution in [-0.2, 0) is 25.9 Å². The van der Waals surface area contributed by atoms with Crippen molar-refractivity contribution >= 4 is 32.8 Å². The van der Waals surface area contributed by atoms with E-state index in [1.807, 2.05) is 0 Å². The van der Waals surface area contributed by atoms with Crippen LogP contribution in [0.3, 0.4) is 0 Å². The van der Waals surface area contributed by atoms with Crippen LogP contribution in [0.4, 0.5) is 0 Å². The number of aryl methyl sites for hydroxylation is 4. The summed E-state index contributed by atoms with van der Waals surface area (Å²) in [7, 11) is 0. The summed E-state index contributed by atoms with van der Waals surface area (Å²) < 4.78 is 5.06. The van der Waals surface area contributed by atoms with E-state index in [2.05, 4.69) is 124 Å². The first-order chi connectivity index (χ1) is 16.4. The van der Waals surface area contributed by atoms with E-state index in [1.165, 1.54) is 44.0 Å². The second kappa shape index (κ2) is 8.55. The predicted octanol–water partition coefficient (Wildman–Crippen LogP) is 6.72. The highest BCUT2D eigenvalue weighted by molar-refractivity contribution is 6.06. The van der Waals surface area contributed by atoms with E-state index in [9.17, 15) is 0 Å². The summed E-state index contributed by atoms with van der Waals surface area (Å²) in [5, 5.41) is 2.63. The molecule has 2 heterocycles. The van der Waals surface area contributed by atoms with E-state index < -0.39 is 0 Å². The van der Waals surface area contributed by atoms with Gasteiger partial charge >= 0.3 is 0 Å². The smallest absolute Gasteiger partial charge is 0.239 e. The van der Waals surface area contributed by atoms with Crippen molar-refractivity contribution < 1.29 is 4.57 Å². The molecule has 2 aromatic heterocycles. The molecule has 0 radical (unpaired) electrons. The van der Waals surface area contributed by atoms with Gasteiger partial charge in [-0.1, -0.05) is 84.9 Å². The van der Waals surface area contributed by atoms with Crippen LogP contribution in [0.1, 0.15) is 11.1 Å². The van der Waals surface area contributed by atoms with Crippen molar-refractivity contribution in [2.24, 2.45) is 0 Å². The summed E-state index contributed by atoms with van der Waals surface area (Å²) in [4.78, 5) is 0. The minimum Gasteiger partial charge on any atom is -0.335 e. The van der Waals surface area contributed by atoms with Gasteiger partial charge in [0.15, 0.2) is 6.54 Å². The van der Waals surface area contributed by atoms with Gasteiger partial charge < -0.3 is 4.57 Å². The van der Waals surface area contributed by atoms with Crippen molar-refractivity contribution in [2.45, 2.75) is 25.9 Å². The Morgan fingerprint density at radius 2 is 1.21 bits per heavy atom. The van der Waals surface area contributed by atoms with Crippen LogP contribution >= 0.6 is 0 Å². The highest BCUT2D eigenvalue weighted by Gasteiger charge is 2.23. The number of aromatic nitrogens is 2. The Labute approximate surface area is 194 Å². The molecule has 6 rings (SSSR count). The number of hydrogen-bond acceptors (Lipinski definition) is 0. The second-order valence-corrected chi connectivity index (χ2v) is 8.73. The SMILES string of the molecule is c1ccc(CCn2c3ccccc3c3c2cc2ccccc2[n+]3CCc2ccccc2)cc1. The zero-order chi connectivity index (χ0) is 22.0. The fourth-order valence-corrected chi connectivity index (χ4v) is 5.10. The fraction of sp³-hybridized carbons (Fsp3) is 0.129. The number of fused-ring (bicyclic) bond motifs is 4. The van der Waals surface area contributed by atoms with Crippen LogP contribution < -0.4 is 4.57 Å². The first kappa shape index (κ1) is 19.8. The molecule has 0 atom stereocenters. The van der Waals surface area contributed by atoms with Crippen molar-refractivity contribution in [3.63, 3.8) is 0 Å². The number of benzene rings is 4. The topological polar surface area (TPSA) is 8.81 Å². The van der Waals surface area contributed by atoms with Crippen molar-refractivity contribution in [3.8, 4) is 0 Å². The molecule has 0 N–H and O–H groups in total. The Balaban J connectivity index is 1.54. The van der Waals surface area contributed by atoms with Crippen LogP contribution in [0.15, 0.2) is 115 Å². The predicted molar refractivity (Wildman–Crippen MR) is 137 cm³/mol. The molecular weight excluding hydrogens is 400 g/mol. The van der Waals surface area contributed by atoms with Gasteiger partial charge in [0.2, 0.25) is 11.0 Å². The van der Waals surface area contributed by atoms with Gasteiger partial charge in [0.25, 0.3) is 0 Å². The molecule has 33 heavy (non-hydrogen) atoms. The Hall–Kier alpha value is -3.91. The Kier molecular flexibility index (Phi) is 5.12. The lowest BCUT2D eigenvalue weighted by molar-refractivity contribution is -0.644. The van der Waals surface area contributed by atoms with Crippen LogP contribution in [0, 0.1) is 0 Å². The molecule has 0 aliphatic rings. The van der Waals surface area contributed by atoms with Crippen LogP contribution in [0.25, 0.3) is 32.8 Å². The van der Waals surface area contributed by atoms with Crippen LogP contribution in [0.5, 0.6) is 0 Å². The van der Waals surface area contributed by atoms with Gasteiger partial charge in [0, 0.05) is 24.4 Å². The molecule has 0 aliphatic carbocycles. The van der Waals surface area contributed by atoms with Crippen LogP contribution in [-0.4, -0.2) is 4.57 Å². The molecular formula is C31H27N2+. The number of hydrogen-bond donors (Lipinski definition) is 0. The molecule has 0 aliphatic heterocycles. The van der Waals surface area contributed by atoms with Crippen molar-refractivity contribution in [3.05, 3.63) is 126 Å². The summed E-state index contributed by atoms with van der Waals surface area (Å²) in [5.41, 5.74) is 8.02. The maximum atomic E-state index is 2.54. The average molecular weight is 428 g/mol. The minimum absolute atomic E-state index is 0.953. The van der Waals surface area contributed by atoms with Gasteiger partial charge in [-0.3, -0.25) is 0 Å². The molecule has 0 saturated heterocycles. The quantitative estimate of drug-likeness (QED) is 0.261. The molecule has 2 heteroatoms. The highest BCUT2D eigenvalue weighted by atomic mass is 15.0. The van der Waals surface area contributed by atoms with Gasteiger partial charge in [-0.2, -0.15) is 4.57 Å². The summed E-state index contributed by atoms with van der Waals surface area (Å²) in [6.07, 6.45) is 2.03. The summed E-state index contributed by atoms with van der Waals surface area (Å²) in [6.45, 7) is 1.92. The van der Waals surface area contributed by atoms with E-state index in [1.54, 1.807) is 0 Å². The minimum atomic E-state index is 0.953. The van der Waals surface area contributed by atoms with Crippen molar-refractivity contribution in [1.82, 2.24) is 4.57 Å². The van der Waals surface area contributed by atoms with Gasteiger partial charge in [-0.05, 0) is 41.8 Å². The Bertz CT molecular complexity index is 1550. The summed E-state index contributed by atoms with van der Waals surface area (Å²) >= 11 is 0. The van der Waals surface area contributed by atoms with Crippen LogP contribution in [0.2, 0.25) is 0 Å². The molecule has 0 fully saturated rings. The van der Waals surface area contributed by atoms with Gasteiger partial charge in [0.1, 0.15) is 5.52 Å². The maximum Gasteiger partial charge on any atom is 0.239 e. The monoisotopic (exact) mass is 427 g/mol. The van der Waals surface area contributed by atoms with Gasteiger partial charge in [0.05, 0.1) is 10.9 Å². The number of rotatable bonds is 6. The first-order valence-electron chi connectivity index (χ1n) is 11.8. The highest BCUT2D eigenvalue weighted by Crippen LogP contribution is 2.29. The summed E-state index contributed by atoms with van der Waals surface area (Å²) in [6, 6.07) is 41.7. The third-order valence-electron chi connectivity index (χ3n) is 6.71. The molecule has 0 unspecified atom stereocenters. The van der Waals surface area contributed by atoms with E-state index in [4.69, 9.17) is 0 Å². The van der Waals surface area contributed by atoms with Gasteiger partial charge in [-0.15, -0.1) is 0 Å². The number of nitrogens with zero attached hydrogens (tertiary/aromatic N) is 2. The zero-order valence-electron chi connectivity index (χ0n) is 18.7. The molecule has 160 valence electrons. The van der Waals surface area contributed by atoms with E-state index in [-0.39, 0.29) is 0 Å². The average Bonchev–Trinajstić information content (AvgIpc) is 3.19. The molecule has 0 saturated carbocycles. The summed E-state index contributed by atoms with van der Waals surface area (Å²) in [5.74, 6) is 0. The Morgan fingerprint density at radius 3 is 2.00 bits per heavy atom. The normalized spacial score (nSPS) is 11.5. The van der Waals surface area contributed by atoms with Crippen molar-refractivity contribution in [1.29, 1.82) is 0 Å². The van der Waals surface area contributed by atoms with Crippen molar-refractivity contribution in [2.75, 3.05) is 0 Å². The standard InChI is InChI=1S/C31H27N2/c1-3-11-24(12-4-1)19-21-32-29-18-10-8-16-27(29)31-30(32)23-26-15-7-9-17-28(26)33(31)22-20-25-13-5-2-6-14-25/h1-18,23H,19-22H2/q+1. The number of para-hydroxylation sites is 2. The molecule has 4 aromatic carbocycles. The lowest BCUT2D eigenvalue weighted by atomic mass is 10.1. The molecule has 0 bridgehead atoms. The second-order valence-electron chi connectivity index (χ2n) is 8.73. The third kappa shape index (κ3) is 3.68. The Morgan fingerprint density at radius 1 is 0.576 bits per heavy atom. The van der Waals surface area contributed by atoms with E-state index in [0.29, 0.717) is 0 Å². The first-order valence-corrected chi connectivity index (χ1v) is 11.8. The fourth-order valence-electron chi connectivity index (χ4n) is 5.10. The zero-order valence-corrected chi connectivity index (χ0v) is 18.7. The lowest BCUT2D eigenvalue weighted by Gasteiger charge is -2.08. The lowest BCUT2D eigenvalue weighted by Crippen LogP contribution is -2.36. The number of pyridine rings is 1. The largest absolute Gasteiger partial charge is 0.335 e. The van der Waals surface area contributed by atoms with Gasteiger partial charge in [-0.25, -0.2) is 0 Å². The molecule has 0 amide bonds. The van der Waals surface area contributed by atoms with E-state index >= 15 is 0 Å². The third-order valence-corrected chi connectivity index (χ3v) is 6.71.